The lowest BCUT2D eigenvalue weighted by Gasteiger charge is -2.30. The number of guanidine groups is 1. The van der Waals surface area contributed by atoms with Gasteiger partial charge in [0, 0.05) is 51.5 Å². The van der Waals surface area contributed by atoms with E-state index < -0.39 is 10.8 Å². The number of rotatable bonds is 6. The fourth-order valence-corrected chi connectivity index (χ4v) is 5.14. The van der Waals surface area contributed by atoms with Crippen molar-refractivity contribution in [2.75, 3.05) is 19.3 Å². The fourth-order valence-electron chi connectivity index (χ4n) is 3.22. The Bertz CT molecular complexity index is 604. The van der Waals surface area contributed by atoms with Crippen molar-refractivity contribution in [1.29, 1.82) is 0 Å². The Balaban J connectivity index is 1.81. The van der Waals surface area contributed by atoms with Crippen molar-refractivity contribution < 1.29 is 4.21 Å². The first-order valence-electron chi connectivity index (χ1n) is 8.81. The highest BCUT2D eigenvalue weighted by molar-refractivity contribution is 7.85. The molecule has 0 amide bonds. The topological polar surface area (TPSA) is 53.5 Å². The van der Waals surface area contributed by atoms with Gasteiger partial charge in [-0.15, -0.1) is 0 Å². The highest BCUT2D eigenvalue weighted by Gasteiger charge is 2.25. The van der Waals surface area contributed by atoms with E-state index in [1.807, 2.05) is 19.1 Å². The molecule has 140 valence electrons. The number of nitrogens with one attached hydrogen (secondary N) is 2. The summed E-state index contributed by atoms with van der Waals surface area (Å²) in [4.78, 5) is 4.30. The highest BCUT2D eigenvalue weighted by Crippen LogP contribution is 2.23. The van der Waals surface area contributed by atoms with Crippen LogP contribution < -0.4 is 10.6 Å². The van der Waals surface area contributed by atoms with Crippen molar-refractivity contribution in [2.24, 2.45) is 4.99 Å². The van der Waals surface area contributed by atoms with Gasteiger partial charge in [-0.2, -0.15) is 0 Å². The third-order valence-electron chi connectivity index (χ3n) is 4.48. The van der Waals surface area contributed by atoms with Crippen LogP contribution in [0.1, 0.15) is 38.2 Å². The maximum Gasteiger partial charge on any atom is 0.191 e. The predicted octanol–water partition coefficient (Wildman–Crippen LogP) is 3.78. The van der Waals surface area contributed by atoms with Gasteiger partial charge in [0.2, 0.25) is 0 Å². The molecule has 3 unspecified atom stereocenters. The van der Waals surface area contributed by atoms with Crippen LogP contribution in [-0.4, -0.2) is 40.8 Å². The Morgan fingerprint density at radius 3 is 2.64 bits per heavy atom. The molecule has 0 aliphatic heterocycles. The normalized spacial score (nSPS) is 22.5. The highest BCUT2D eigenvalue weighted by atomic mass is 35.5. The SMILES string of the molecule is CCS(=O)C1CCCC(NC(=NC)NCCc2cc(Cl)cc(Cl)c2)C1. The third kappa shape index (κ3) is 6.80. The van der Waals surface area contributed by atoms with E-state index in [1.54, 1.807) is 13.1 Å². The summed E-state index contributed by atoms with van der Waals surface area (Å²) in [5.41, 5.74) is 1.09. The summed E-state index contributed by atoms with van der Waals surface area (Å²) in [5, 5.41) is 8.43. The Hall–Kier alpha value is -0.780. The van der Waals surface area contributed by atoms with Crippen molar-refractivity contribution in [3.8, 4) is 0 Å². The molecule has 1 aromatic carbocycles. The summed E-state index contributed by atoms with van der Waals surface area (Å²) in [7, 11) is 1.06. The summed E-state index contributed by atoms with van der Waals surface area (Å²) in [6, 6.07) is 5.93. The van der Waals surface area contributed by atoms with Crippen molar-refractivity contribution in [3.05, 3.63) is 33.8 Å². The first-order valence-corrected chi connectivity index (χ1v) is 10.9. The number of nitrogens with zero attached hydrogens (tertiary/aromatic N) is 1. The molecule has 0 bridgehead atoms. The Morgan fingerprint density at radius 1 is 1.28 bits per heavy atom. The minimum absolute atomic E-state index is 0.308. The molecule has 2 N–H and O–H groups in total. The Kier molecular flexibility index (Phi) is 8.53. The summed E-state index contributed by atoms with van der Waals surface area (Å²) >= 11 is 12.1. The molecule has 0 radical (unpaired) electrons. The lowest BCUT2D eigenvalue weighted by molar-refractivity contribution is 0.413. The molecule has 7 heteroatoms. The van der Waals surface area contributed by atoms with E-state index in [9.17, 15) is 4.21 Å². The van der Waals surface area contributed by atoms with Gasteiger partial charge >= 0.3 is 0 Å². The molecular weight excluding hydrogens is 377 g/mol. The van der Waals surface area contributed by atoms with Crippen molar-refractivity contribution >= 4 is 40.0 Å². The number of benzene rings is 1. The van der Waals surface area contributed by atoms with Crippen molar-refractivity contribution in [2.45, 2.75) is 50.3 Å². The molecule has 0 heterocycles. The smallest absolute Gasteiger partial charge is 0.191 e. The van der Waals surface area contributed by atoms with Crippen molar-refractivity contribution in [1.82, 2.24) is 10.6 Å². The largest absolute Gasteiger partial charge is 0.356 e. The maximum absolute atomic E-state index is 12.1. The Labute approximate surface area is 163 Å². The first kappa shape index (κ1) is 20.5. The summed E-state index contributed by atoms with van der Waals surface area (Å²) < 4.78 is 12.1. The zero-order valence-corrected chi connectivity index (χ0v) is 17.2. The van der Waals surface area contributed by atoms with Gasteiger partial charge in [0.15, 0.2) is 5.96 Å². The molecular formula is C18H27Cl2N3OS. The zero-order chi connectivity index (χ0) is 18.2. The van der Waals surface area contributed by atoms with Crippen LogP contribution in [0.2, 0.25) is 10.0 Å². The zero-order valence-electron chi connectivity index (χ0n) is 14.9. The molecule has 0 aromatic heterocycles. The van der Waals surface area contributed by atoms with E-state index in [0.717, 1.165) is 55.9 Å². The molecule has 4 nitrogen and oxygen atoms in total. The minimum Gasteiger partial charge on any atom is -0.356 e. The van der Waals surface area contributed by atoms with E-state index in [1.165, 1.54) is 0 Å². The fraction of sp³-hybridized carbons (Fsp3) is 0.611. The molecule has 1 aliphatic rings. The number of aliphatic imine (C=N–C) groups is 1. The average Bonchev–Trinajstić information content (AvgIpc) is 2.59. The molecule has 2 rings (SSSR count). The van der Waals surface area contributed by atoms with Gasteiger partial charge in [-0.3, -0.25) is 9.20 Å². The minimum atomic E-state index is -0.711. The van der Waals surface area contributed by atoms with Gasteiger partial charge in [0.25, 0.3) is 0 Å². The molecule has 1 saturated carbocycles. The summed E-state index contributed by atoms with van der Waals surface area (Å²) in [6.45, 7) is 2.74. The second-order valence-corrected chi connectivity index (χ2v) is 9.20. The van der Waals surface area contributed by atoms with Crippen molar-refractivity contribution in [3.63, 3.8) is 0 Å². The number of halogens is 2. The van der Waals surface area contributed by atoms with Crippen LogP contribution >= 0.6 is 23.2 Å². The molecule has 1 aliphatic carbocycles. The van der Waals surface area contributed by atoms with E-state index in [-0.39, 0.29) is 0 Å². The standard InChI is InChI=1S/C18H27Cl2N3OS/c1-3-25(24)17-6-4-5-16(12-17)23-18(21-2)22-8-7-13-9-14(19)11-15(20)10-13/h9-11,16-17H,3-8,12H2,1-2H3,(H2,21,22,23). The summed E-state index contributed by atoms with van der Waals surface area (Å²) in [5.74, 6) is 1.54. The van der Waals surface area contributed by atoms with E-state index in [4.69, 9.17) is 23.2 Å². The first-order chi connectivity index (χ1) is 12.0. The predicted molar refractivity (Wildman–Crippen MR) is 109 cm³/mol. The van der Waals surface area contributed by atoms with Crippen LogP contribution in [0.4, 0.5) is 0 Å². The van der Waals surface area contributed by atoms with E-state index in [0.29, 0.717) is 21.3 Å². The van der Waals surface area contributed by atoms with Gasteiger partial charge in [0.05, 0.1) is 0 Å². The molecule has 25 heavy (non-hydrogen) atoms. The molecule has 1 fully saturated rings. The lowest BCUT2D eigenvalue weighted by Crippen LogP contribution is -2.47. The quantitative estimate of drug-likeness (QED) is 0.561. The van der Waals surface area contributed by atoms with E-state index >= 15 is 0 Å². The second-order valence-electron chi connectivity index (χ2n) is 6.33. The van der Waals surface area contributed by atoms with Gasteiger partial charge in [0.1, 0.15) is 0 Å². The van der Waals surface area contributed by atoms with Crippen LogP contribution in [0.3, 0.4) is 0 Å². The van der Waals surface area contributed by atoms with Crippen LogP contribution in [0.15, 0.2) is 23.2 Å². The van der Waals surface area contributed by atoms with Crippen LogP contribution in [0.5, 0.6) is 0 Å². The Morgan fingerprint density at radius 2 is 2.00 bits per heavy atom. The molecule has 3 atom stereocenters. The molecule has 0 saturated heterocycles. The van der Waals surface area contributed by atoms with Gasteiger partial charge in [-0.25, -0.2) is 0 Å². The van der Waals surface area contributed by atoms with Crippen LogP contribution in [0.25, 0.3) is 0 Å². The lowest BCUT2D eigenvalue weighted by atomic mass is 9.95. The van der Waals surface area contributed by atoms with Gasteiger partial charge < -0.3 is 10.6 Å². The second kappa shape index (κ2) is 10.4. The average molecular weight is 404 g/mol. The summed E-state index contributed by atoms with van der Waals surface area (Å²) in [6.07, 6.45) is 5.05. The van der Waals surface area contributed by atoms with E-state index in [2.05, 4.69) is 15.6 Å². The molecule has 0 spiro atoms. The van der Waals surface area contributed by atoms with Gasteiger partial charge in [-0.1, -0.05) is 36.5 Å². The monoisotopic (exact) mass is 403 g/mol. The number of hydrogen-bond donors (Lipinski definition) is 2. The van der Waals surface area contributed by atoms with Crippen LogP contribution in [0, 0.1) is 0 Å². The third-order valence-corrected chi connectivity index (χ3v) is 6.65. The maximum atomic E-state index is 12.1. The molecule has 1 aromatic rings. The number of hydrogen-bond acceptors (Lipinski definition) is 2. The van der Waals surface area contributed by atoms with Crippen LogP contribution in [-0.2, 0) is 17.2 Å². The van der Waals surface area contributed by atoms with Gasteiger partial charge in [-0.05, 0) is 49.4 Å².